The van der Waals surface area contributed by atoms with E-state index in [1.807, 2.05) is 0 Å². The number of carbonyl (C=O) groups excluding carboxylic acids is 2. The number of ketones is 1. The van der Waals surface area contributed by atoms with E-state index in [0.29, 0.717) is 18.9 Å². The Bertz CT molecular complexity index is 384. The van der Waals surface area contributed by atoms with Gasteiger partial charge in [0, 0.05) is 6.42 Å². The fraction of sp³-hybridized carbons (Fsp3) is 0.600. The lowest BCUT2D eigenvalue weighted by molar-refractivity contribution is -0.145. The predicted molar refractivity (Wildman–Crippen MR) is 69.0 cm³/mol. The highest BCUT2D eigenvalue weighted by Gasteiger charge is 2.26. The zero-order chi connectivity index (χ0) is 13.0. The maximum absolute atomic E-state index is 11.8. The maximum atomic E-state index is 11.8. The highest BCUT2D eigenvalue weighted by molar-refractivity contribution is 5.95. The average Bonchev–Trinajstić information content (AvgIpc) is 2.70. The normalized spacial score (nSPS) is 18.9. The van der Waals surface area contributed by atoms with Crippen molar-refractivity contribution in [2.75, 3.05) is 6.61 Å². The molecule has 0 aromatic heterocycles. The molecule has 0 atom stereocenters. The predicted octanol–water partition coefficient (Wildman–Crippen LogP) is 2.96. The summed E-state index contributed by atoms with van der Waals surface area (Å²) in [6.07, 6.45) is 9.06. The molecule has 18 heavy (non-hydrogen) atoms. The summed E-state index contributed by atoms with van der Waals surface area (Å²) in [6.45, 7) is 2.10. The van der Waals surface area contributed by atoms with E-state index < -0.39 is 0 Å². The minimum absolute atomic E-state index is 0.0197. The van der Waals surface area contributed by atoms with Gasteiger partial charge in [0.2, 0.25) is 0 Å². The quantitative estimate of drug-likeness (QED) is 0.427. The fourth-order valence-electron chi connectivity index (χ4n) is 2.88. The molecular weight excluding hydrogens is 228 g/mol. The van der Waals surface area contributed by atoms with Gasteiger partial charge in [0.05, 0.1) is 6.61 Å². The van der Waals surface area contributed by atoms with E-state index in [9.17, 15) is 9.59 Å². The summed E-state index contributed by atoms with van der Waals surface area (Å²) in [5.41, 5.74) is 3.04. The van der Waals surface area contributed by atoms with Gasteiger partial charge >= 0.3 is 5.97 Å². The maximum Gasteiger partial charge on any atom is 0.313 e. The molecule has 0 saturated heterocycles. The number of rotatable bonds is 5. The second kappa shape index (κ2) is 5.98. The molecule has 0 aliphatic heterocycles. The Morgan fingerprint density at radius 3 is 2.39 bits per heavy atom. The molecule has 0 fully saturated rings. The van der Waals surface area contributed by atoms with Crippen molar-refractivity contribution >= 4 is 11.8 Å². The van der Waals surface area contributed by atoms with Crippen LogP contribution in [0.2, 0.25) is 0 Å². The first-order chi connectivity index (χ1) is 8.69. The third-order valence-corrected chi connectivity index (χ3v) is 3.63. The summed E-state index contributed by atoms with van der Waals surface area (Å²) >= 11 is 0. The molecule has 0 amide bonds. The molecule has 0 aromatic carbocycles. The first-order valence-electron chi connectivity index (χ1n) is 6.71. The van der Waals surface area contributed by atoms with Crippen molar-refractivity contribution in [3.8, 4) is 0 Å². The monoisotopic (exact) mass is 248 g/mol. The summed E-state index contributed by atoms with van der Waals surface area (Å²) in [4.78, 5) is 23.0. The minimum Gasteiger partial charge on any atom is -0.466 e. The second-order valence-corrected chi connectivity index (χ2v) is 5.09. The molecule has 98 valence electrons. The Balaban J connectivity index is 1.75. The van der Waals surface area contributed by atoms with Gasteiger partial charge in [0.1, 0.15) is 12.2 Å². The smallest absolute Gasteiger partial charge is 0.313 e. The highest BCUT2D eigenvalue weighted by Crippen LogP contribution is 2.39. The van der Waals surface area contributed by atoms with Crippen molar-refractivity contribution < 1.29 is 14.3 Å². The number of hydrogen-bond acceptors (Lipinski definition) is 3. The fourth-order valence-corrected chi connectivity index (χ4v) is 2.88. The first kappa shape index (κ1) is 13.1. The summed E-state index contributed by atoms with van der Waals surface area (Å²) in [5.74, 6) is 0.0444. The molecule has 0 heterocycles. The van der Waals surface area contributed by atoms with Crippen LogP contribution in [-0.2, 0) is 14.3 Å². The first-order valence-corrected chi connectivity index (χ1v) is 6.71. The lowest BCUT2D eigenvalue weighted by Gasteiger charge is -2.08. The Hall–Kier alpha value is -1.38. The van der Waals surface area contributed by atoms with Crippen LogP contribution in [-0.4, -0.2) is 18.4 Å². The van der Waals surface area contributed by atoms with E-state index in [4.69, 9.17) is 4.74 Å². The molecule has 2 aliphatic rings. The van der Waals surface area contributed by atoms with E-state index >= 15 is 0 Å². The highest BCUT2D eigenvalue weighted by atomic mass is 16.5. The summed E-state index contributed by atoms with van der Waals surface area (Å²) in [5, 5.41) is 0. The van der Waals surface area contributed by atoms with Crippen molar-refractivity contribution in [2.45, 2.75) is 45.4 Å². The second-order valence-electron chi connectivity index (χ2n) is 5.09. The Morgan fingerprint density at radius 2 is 1.83 bits per heavy atom. The topological polar surface area (TPSA) is 43.4 Å². The van der Waals surface area contributed by atoms with E-state index in [-0.39, 0.29) is 18.2 Å². The minimum atomic E-state index is -0.389. The molecule has 3 heteroatoms. The summed E-state index contributed by atoms with van der Waals surface area (Å²) in [6, 6.07) is 0. The van der Waals surface area contributed by atoms with E-state index in [0.717, 1.165) is 25.7 Å². The lowest BCUT2D eigenvalue weighted by atomic mass is 9.96. The zero-order valence-corrected chi connectivity index (χ0v) is 10.9. The van der Waals surface area contributed by atoms with Crippen LogP contribution < -0.4 is 0 Å². The van der Waals surface area contributed by atoms with Gasteiger partial charge in [-0.2, -0.15) is 0 Å². The molecular formula is C15H20O3. The van der Waals surface area contributed by atoms with Gasteiger partial charge in [-0.25, -0.2) is 0 Å². The van der Waals surface area contributed by atoms with Gasteiger partial charge in [-0.1, -0.05) is 23.3 Å². The molecule has 3 nitrogen and oxygen atoms in total. The van der Waals surface area contributed by atoms with E-state index in [1.54, 1.807) is 6.92 Å². The third-order valence-electron chi connectivity index (χ3n) is 3.63. The van der Waals surface area contributed by atoms with Crippen molar-refractivity contribution in [3.05, 3.63) is 23.3 Å². The zero-order valence-electron chi connectivity index (χ0n) is 10.9. The number of hydrogen-bond donors (Lipinski definition) is 0. The SMILES string of the molecule is CCOC(=O)CC(=O)CC1CC2=C(CC=CC2)C1. The Kier molecular flexibility index (Phi) is 4.34. The van der Waals surface area contributed by atoms with Crippen molar-refractivity contribution in [2.24, 2.45) is 5.92 Å². The Labute approximate surface area is 108 Å². The molecule has 0 aromatic rings. The lowest BCUT2D eigenvalue weighted by Crippen LogP contribution is -2.14. The van der Waals surface area contributed by atoms with Crippen molar-refractivity contribution in [3.63, 3.8) is 0 Å². The molecule has 0 radical (unpaired) electrons. The van der Waals surface area contributed by atoms with Crippen LogP contribution in [0.25, 0.3) is 0 Å². The van der Waals surface area contributed by atoms with Crippen LogP contribution >= 0.6 is 0 Å². The van der Waals surface area contributed by atoms with Crippen LogP contribution in [0.4, 0.5) is 0 Å². The number of Topliss-reactive ketones (excluding diaryl/α,β-unsaturated/α-hetero) is 1. The van der Waals surface area contributed by atoms with Crippen LogP contribution in [0, 0.1) is 5.92 Å². The molecule has 0 bridgehead atoms. The number of carbonyl (C=O) groups is 2. The number of allylic oxidation sites excluding steroid dienone is 4. The molecule has 0 unspecified atom stereocenters. The molecule has 0 saturated carbocycles. The standard InChI is InChI=1S/C15H20O3/c1-2-18-15(17)10-14(16)9-11-7-12-5-3-4-6-13(12)8-11/h3-4,11H,2,5-10H2,1H3. The largest absolute Gasteiger partial charge is 0.466 e. The summed E-state index contributed by atoms with van der Waals surface area (Å²) < 4.78 is 4.79. The Morgan fingerprint density at radius 1 is 1.22 bits per heavy atom. The molecule has 2 aliphatic carbocycles. The molecule has 0 N–H and O–H groups in total. The van der Waals surface area contributed by atoms with Gasteiger partial charge in [0.25, 0.3) is 0 Å². The van der Waals surface area contributed by atoms with Crippen molar-refractivity contribution in [1.82, 2.24) is 0 Å². The van der Waals surface area contributed by atoms with Gasteiger partial charge in [0.15, 0.2) is 0 Å². The number of esters is 1. The number of ether oxygens (including phenoxy) is 1. The van der Waals surface area contributed by atoms with Crippen LogP contribution in [0.5, 0.6) is 0 Å². The molecule has 2 rings (SSSR count). The van der Waals surface area contributed by atoms with Gasteiger partial charge in [-0.3, -0.25) is 9.59 Å². The van der Waals surface area contributed by atoms with Crippen LogP contribution in [0.15, 0.2) is 23.3 Å². The van der Waals surface area contributed by atoms with Gasteiger partial charge in [-0.15, -0.1) is 0 Å². The van der Waals surface area contributed by atoms with Gasteiger partial charge in [-0.05, 0) is 38.5 Å². The van der Waals surface area contributed by atoms with E-state index in [2.05, 4.69) is 12.2 Å². The average molecular weight is 248 g/mol. The van der Waals surface area contributed by atoms with E-state index in [1.165, 1.54) is 11.1 Å². The van der Waals surface area contributed by atoms with Crippen LogP contribution in [0.1, 0.15) is 45.4 Å². The van der Waals surface area contributed by atoms with Crippen LogP contribution in [0.3, 0.4) is 0 Å². The summed E-state index contributed by atoms with van der Waals surface area (Å²) in [7, 11) is 0. The molecule has 0 spiro atoms. The van der Waals surface area contributed by atoms with Gasteiger partial charge < -0.3 is 4.74 Å². The van der Waals surface area contributed by atoms with Crippen molar-refractivity contribution in [1.29, 1.82) is 0 Å². The third kappa shape index (κ3) is 3.31.